The van der Waals surface area contributed by atoms with Crippen LogP contribution in [-0.4, -0.2) is 37.6 Å². The summed E-state index contributed by atoms with van der Waals surface area (Å²) in [6.45, 7) is 6.29. The summed E-state index contributed by atoms with van der Waals surface area (Å²) in [5.74, 6) is -0.140. The van der Waals surface area contributed by atoms with Crippen LogP contribution in [0.1, 0.15) is 30.9 Å². The molecule has 1 saturated carbocycles. The Hall–Kier alpha value is -0.980. The minimum Gasteiger partial charge on any atom is -0.393 e. The number of sulfone groups is 1. The van der Waals surface area contributed by atoms with E-state index in [1.807, 2.05) is 38.1 Å². The van der Waals surface area contributed by atoms with Crippen molar-refractivity contribution in [3.63, 3.8) is 0 Å². The fourth-order valence-electron chi connectivity index (χ4n) is 3.17. The average molecular weight is 341 g/mol. The molecule has 0 radical (unpaired) electrons. The van der Waals surface area contributed by atoms with Gasteiger partial charge in [0.25, 0.3) is 0 Å². The van der Waals surface area contributed by atoms with Gasteiger partial charge in [-0.3, -0.25) is 0 Å². The van der Waals surface area contributed by atoms with E-state index in [0.29, 0.717) is 6.61 Å². The van der Waals surface area contributed by atoms with Crippen LogP contribution in [0.2, 0.25) is 0 Å². The first-order valence-electron chi connectivity index (χ1n) is 7.47. The number of benzene rings is 1. The van der Waals surface area contributed by atoms with Gasteiger partial charge in [0.1, 0.15) is 0 Å². The molecule has 2 N–H and O–H groups in total. The Balaban J connectivity index is 2.48. The first-order valence-corrected chi connectivity index (χ1v) is 9.59. The number of nitrogens with two attached hydrogens (primary N) is 1. The van der Waals surface area contributed by atoms with E-state index in [2.05, 4.69) is 0 Å². The molecule has 0 saturated heterocycles. The summed E-state index contributed by atoms with van der Waals surface area (Å²) in [6, 6.07) is 7.89. The molecule has 4 nitrogen and oxygen atoms in total. The molecular formula is C16H23NO3S2. The summed E-state index contributed by atoms with van der Waals surface area (Å²) < 4.78 is 30.6. The maximum absolute atomic E-state index is 12.5. The zero-order chi connectivity index (χ0) is 16.5. The Bertz CT molecular complexity index is 654. The lowest BCUT2D eigenvalue weighted by Crippen LogP contribution is -2.34. The van der Waals surface area contributed by atoms with E-state index in [-0.39, 0.29) is 23.3 Å². The fraction of sp³-hybridized carbons (Fsp3) is 0.562. The van der Waals surface area contributed by atoms with E-state index >= 15 is 0 Å². The lowest BCUT2D eigenvalue weighted by atomic mass is 9.99. The Morgan fingerprint density at radius 1 is 1.32 bits per heavy atom. The van der Waals surface area contributed by atoms with Crippen molar-refractivity contribution in [1.29, 1.82) is 0 Å². The maximum Gasteiger partial charge on any atom is 0.154 e. The Labute approximate surface area is 138 Å². The summed E-state index contributed by atoms with van der Waals surface area (Å²) in [7, 11) is -3.26. The van der Waals surface area contributed by atoms with Crippen molar-refractivity contribution in [2.45, 2.75) is 31.9 Å². The average Bonchev–Trinajstić information content (AvgIpc) is 3.17. The van der Waals surface area contributed by atoms with Crippen LogP contribution in [0, 0.1) is 12.3 Å². The van der Waals surface area contributed by atoms with Gasteiger partial charge in [0.2, 0.25) is 0 Å². The fourth-order valence-corrected chi connectivity index (χ4v) is 5.63. The van der Waals surface area contributed by atoms with E-state index < -0.39 is 20.5 Å². The molecule has 2 rings (SSSR count). The Morgan fingerprint density at radius 3 is 2.36 bits per heavy atom. The zero-order valence-electron chi connectivity index (χ0n) is 13.2. The number of rotatable bonds is 7. The van der Waals surface area contributed by atoms with Crippen LogP contribution in [0.3, 0.4) is 0 Å². The van der Waals surface area contributed by atoms with Crippen molar-refractivity contribution in [3.05, 3.63) is 35.4 Å². The number of aryl methyl sites for hydroxylation is 1. The summed E-state index contributed by atoms with van der Waals surface area (Å²) in [6.07, 6.45) is 0. The highest BCUT2D eigenvalue weighted by Crippen LogP contribution is 2.63. The van der Waals surface area contributed by atoms with Gasteiger partial charge in [0.05, 0.1) is 22.3 Å². The van der Waals surface area contributed by atoms with Crippen molar-refractivity contribution < 1.29 is 13.2 Å². The molecule has 1 aromatic rings. The molecular weight excluding hydrogens is 318 g/mol. The number of hydrogen-bond donors (Lipinski definition) is 1. The van der Waals surface area contributed by atoms with Crippen molar-refractivity contribution in [2.24, 2.45) is 11.1 Å². The van der Waals surface area contributed by atoms with E-state index in [1.165, 1.54) is 0 Å². The molecule has 0 amide bonds. The van der Waals surface area contributed by atoms with Crippen molar-refractivity contribution >= 4 is 27.0 Å². The summed E-state index contributed by atoms with van der Waals surface area (Å²) >= 11 is 5.24. The second kappa shape index (κ2) is 6.26. The van der Waals surface area contributed by atoms with Crippen molar-refractivity contribution in [2.75, 3.05) is 19.0 Å². The van der Waals surface area contributed by atoms with Crippen LogP contribution in [0.15, 0.2) is 24.3 Å². The molecule has 0 aliphatic heterocycles. The van der Waals surface area contributed by atoms with Gasteiger partial charge in [-0.1, -0.05) is 49.0 Å². The molecule has 0 heterocycles. The molecule has 0 bridgehead atoms. The summed E-state index contributed by atoms with van der Waals surface area (Å²) in [5.41, 5.74) is 7.27. The number of hydrogen-bond acceptors (Lipinski definition) is 4. The first-order chi connectivity index (χ1) is 10.3. The summed E-state index contributed by atoms with van der Waals surface area (Å²) in [5, 5.41) is -0.586. The van der Waals surface area contributed by atoms with Gasteiger partial charge in [-0.25, -0.2) is 8.42 Å². The van der Waals surface area contributed by atoms with Crippen molar-refractivity contribution in [3.8, 4) is 0 Å². The van der Waals surface area contributed by atoms with Gasteiger partial charge >= 0.3 is 0 Å². The SMILES string of the molecule is CCOC[C@]1(C(N)=S)[C@H](c2ccc(C)cc2)[C@H]1S(=O)(=O)CC. The largest absolute Gasteiger partial charge is 0.393 e. The van der Waals surface area contributed by atoms with Crippen LogP contribution in [-0.2, 0) is 14.6 Å². The third kappa shape index (κ3) is 2.79. The molecule has 1 aromatic carbocycles. The second-order valence-electron chi connectivity index (χ2n) is 5.80. The molecule has 0 unspecified atom stereocenters. The number of thiocarbonyl (C=S) groups is 1. The van der Waals surface area contributed by atoms with Gasteiger partial charge in [0, 0.05) is 18.3 Å². The molecule has 22 heavy (non-hydrogen) atoms. The van der Waals surface area contributed by atoms with Crippen molar-refractivity contribution in [1.82, 2.24) is 0 Å². The monoisotopic (exact) mass is 341 g/mol. The second-order valence-corrected chi connectivity index (χ2v) is 8.65. The molecule has 0 spiro atoms. The molecule has 0 aromatic heterocycles. The van der Waals surface area contributed by atoms with Gasteiger partial charge < -0.3 is 10.5 Å². The maximum atomic E-state index is 12.5. The molecule has 1 fully saturated rings. The lowest BCUT2D eigenvalue weighted by Gasteiger charge is -2.16. The quantitative estimate of drug-likeness (QED) is 0.770. The minimum absolute atomic E-state index is 0.0799. The lowest BCUT2D eigenvalue weighted by molar-refractivity contribution is 0.121. The zero-order valence-corrected chi connectivity index (χ0v) is 14.8. The Morgan fingerprint density at radius 2 is 1.91 bits per heavy atom. The third-order valence-corrected chi connectivity index (χ3v) is 7.14. The van der Waals surface area contributed by atoms with E-state index in [9.17, 15) is 8.42 Å². The van der Waals surface area contributed by atoms with Gasteiger partial charge in [-0.15, -0.1) is 0 Å². The molecule has 3 atom stereocenters. The van der Waals surface area contributed by atoms with E-state index in [0.717, 1.165) is 11.1 Å². The minimum atomic E-state index is -3.26. The molecule has 6 heteroatoms. The molecule has 1 aliphatic rings. The third-order valence-electron chi connectivity index (χ3n) is 4.49. The highest BCUT2D eigenvalue weighted by Gasteiger charge is 2.72. The Kier molecular flexibility index (Phi) is 4.94. The summed E-state index contributed by atoms with van der Waals surface area (Å²) in [4.78, 5) is 0.230. The van der Waals surface area contributed by atoms with Gasteiger partial charge in [-0.2, -0.15) is 0 Å². The highest BCUT2D eigenvalue weighted by molar-refractivity contribution is 7.92. The standard InChI is InChI=1S/C16H23NO3S2/c1-4-20-10-16(15(17)21)13(14(16)22(18,19)5-2)12-8-6-11(3)7-9-12/h6-9,13-14H,4-5,10H2,1-3H3,(H2,17,21)/t13-,14-,16+/m1/s1. The topological polar surface area (TPSA) is 69.4 Å². The predicted octanol–water partition coefficient (Wildman–Crippen LogP) is 2.20. The van der Waals surface area contributed by atoms with Crippen LogP contribution in [0.4, 0.5) is 0 Å². The van der Waals surface area contributed by atoms with E-state index in [4.69, 9.17) is 22.7 Å². The predicted molar refractivity (Wildman–Crippen MR) is 92.9 cm³/mol. The normalized spacial score (nSPS) is 27.6. The van der Waals surface area contributed by atoms with E-state index in [1.54, 1.807) is 6.92 Å². The smallest absolute Gasteiger partial charge is 0.154 e. The van der Waals surface area contributed by atoms with Crippen LogP contribution in [0.25, 0.3) is 0 Å². The van der Waals surface area contributed by atoms with Crippen LogP contribution in [0.5, 0.6) is 0 Å². The molecule has 1 aliphatic carbocycles. The van der Waals surface area contributed by atoms with Crippen LogP contribution >= 0.6 is 12.2 Å². The molecule has 122 valence electrons. The van der Waals surface area contributed by atoms with Gasteiger partial charge in [-0.05, 0) is 19.4 Å². The number of ether oxygens (including phenoxy) is 1. The van der Waals surface area contributed by atoms with Gasteiger partial charge in [0.15, 0.2) is 9.84 Å². The highest BCUT2D eigenvalue weighted by atomic mass is 32.2. The van der Waals surface area contributed by atoms with Crippen LogP contribution < -0.4 is 5.73 Å². The first kappa shape index (κ1) is 17.4.